The average molecular weight is 452 g/mol. The van der Waals surface area contributed by atoms with Crippen molar-refractivity contribution in [2.75, 3.05) is 26.3 Å². The lowest BCUT2D eigenvalue weighted by Gasteiger charge is -2.08. The van der Waals surface area contributed by atoms with Crippen LogP contribution < -0.4 is 15.4 Å². The van der Waals surface area contributed by atoms with Gasteiger partial charge in [-0.05, 0) is 48.5 Å². The van der Waals surface area contributed by atoms with Gasteiger partial charge < -0.3 is 24.8 Å². The summed E-state index contributed by atoms with van der Waals surface area (Å²) >= 11 is 0. The van der Waals surface area contributed by atoms with Crippen molar-refractivity contribution >= 4 is 23.8 Å². The SMILES string of the molecule is C=CCNC(=O)COC(=O)c1ccc(Oc2ccc(C(=O)OCC(=O)NCC=C)cc2)cc1. The molecule has 172 valence electrons. The van der Waals surface area contributed by atoms with Crippen LogP contribution in [0.1, 0.15) is 20.7 Å². The lowest BCUT2D eigenvalue weighted by Crippen LogP contribution is -2.28. The van der Waals surface area contributed by atoms with Gasteiger partial charge in [0.05, 0.1) is 11.1 Å². The highest BCUT2D eigenvalue weighted by Crippen LogP contribution is 2.22. The Labute approximate surface area is 191 Å². The number of benzene rings is 2. The van der Waals surface area contributed by atoms with Gasteiger partial charge in [-0.1, -0.05) is 12.2 Å². The normalized spacial score (nSPS) is 9.82. The van der Waals surface area contributed by atoms with E-state index in [4.69, 9.17) is 14.2 Å². The first-order valence-electron chi connectivity index (χ1n) is 9.90. The molecular formula is C24H24N2O7. The second kappa shape index (κ2) is 13.1. The number of hydrogen-bond acceptors (Lipinski definition) is 7. The van der Waals surface area contributed by atoms with E-state index >= 15 is 0 Å². The van der Waals surface area contributed by atoms with Crippen molar-refractivity contribution in [3.05, 3.63) is 85.0 Å². The first kappa shape index (κ1) is 24.9. The molecule has 0 bridgehead atoms. The standard InChI is InChI=1S/C24H24N2O7/c1-3-13-25-21(27)15-31-23(29)17-5-9-19(10-6-17)33-20-11-7-18(8-12-20)24(30)32-16-22(28)26-14-4-2/h3-12H,1-2,13-16H2,(H,25,27)(H,26,28). The van der Waals surface area contributed by atoms with Crippen molar-refractivity contribution in [1.29, 1.82) is 0 Å². The number of hydrogen-bond donors (Lipinski definition) is 2. The van der Waals surface area contributed by atoms with E-state index in [0.29, 0.717) is 11.5 Å². The summed E-state index contributed by atoms with van der Waals surface area (Å²) in [5, 5.41) is 5.00. The molecule has 0 saturated heterocycles. The number of rotatable bonds is 12. The van der Waals surface area contributed by atoms with Gasteiger partial charge in [0, 0.05) is 13.1 Å². The fraction of sp³-hybridized carbons (Fsp3) is 0.167. The summed E-state index contributed by atoms with van der Waals surface area (Å²) in [6.07, 6.45) is 3.04. The minimum atomic E-state index is -0.642. The first-order chi connectivity index (χ1) is 15.9. The van der Waals surface area contributed by atoms with Crippen LogP contribution in [0.5, 0.6) is 11.5 Å². The quantitative estimate of drug-likeness (QED) is 0.375. The van der Waals surface area contributed by atoms with E-state index in [9.17, 15) is 19.2 Å². The number of ether oxygens (including phenoxy) is 3. The Morgan fingerprint density at radius 2 is 1.03 bits per heavy atom. The number of carbonyl (C=O) groups is 4. The molecule has 9 heteroatoms. The van der Waals surface area contributed by atoms with Crippen molar-refractivity contribution in [2.45, 2.75) is 0 Å². The van der Waals surface area contributed by atoms with E-state index in [2.05, 4.69) is 23.8 Å². The molecule has 0 aromatic heterocycles. The monoisotopic (exact) mass is 452 g/mol. The molecule has 2 amide bonds. The molecule has 0 saturated carbocycles. The first-order valence-corrected chi connectivity index (χ1v) is 9.90. The molecule has 0 heterocycles. The molecule has 0 radical (unpaired) electrons. The van der Waals surface area contributed by atoms with Gasteiger partial charge in [-0.3, -0.25) is 9.59 Å². The number of esters is 2. The highest BCUT2D eigenvalue weighted by atomic mass is 16.5. The maximum Gasteiger partial charge on any atom is 0.338 e. The number of nitrogens with one attached hydrogen (secondary N) is 2. The summed E-state index contributed by atoms with van der Waals surface area (Å²) in [6.45, 7) is 6.75. The molecule has 33 heavy (non-hydrogen) atoms. The minimum Gasteiger partial charge on any atom is -0.457 e. The predicted molar refractivity (Wildman–Crippen MR) is 120 cm³/mol. The molecule has 2 aromatic rings. The van der Waals surface area contributed by atoms with E-state index in [1.54, 1.807) is 24.3 Å². The van der Waals surface area contributed by atoms with E-state index in [1.807, 2.05) is 0 Å². The van der Waals surface area contributed by atoms with Gasteiger partial charge in [-0.15, -0.1) is 13.2 Å². The minimum absolute atomic E-state index is 0.258. The molecule has 0 atom stereocenters. The van der Waals surface area contributed by atoms with Crippen molar-refractivity contribution in [1.82, 2.24) is 10.6 Å². The number of amides is 2. The topological polar surface area (TPSA) is 120 Å². The van der Waals surface area contributed by atoms with Gasteiger partial charge in [0.1, 0.15) is 11.5 Å². The summed E-state index contributed by atoms with van der Waals surface area (Å²) < 4.78 is 15.6. The van der Waals surface area contributed by atoms with Gasteiger partial charge >= 0.3 is 11.9 Å². The van der Waals surface area contributed by atoms with Crippen molar-refractivity contribution in [2.24, 2.45) is 0 Å². The Morgan fingerprint density at radius 3 is 1.36 bits per heavy atom. The van der Waals surface area contributed by atoms with Crippen LogP contribution in [0.2, 0.25) is 0 Å². The van der Waals surface area contributed by atoms with Crippen LogP contribution in [-0.2, 0) is 19.1 Å². The van der Waals surface area contributed by atoms with Gasteiger partial charge in [0.25, 0.3) is 11.8 Å². The van der Waals surface area contributed by atoms with E-state index in [1.165, 1.54) is 36.4 Å². The van der Waals surface area contributed by atoms with Crippen LogP contribution in [0.3, 0.4) is 0 Å². The molecule has 2 N–H and O–H groups in total. The summed E-state index contributed by atoms with van der Waals surface area (Å²) in [5.74, 6) is -1.24. The summed E-state index contributed by atoms with van der Waals surface area (Å²) in [7, 11) is 0. The van der Waals surface area contributed by atoms with Gasteiger partial charge in [-0.2, -0.15) is 0 Å². The van der Waals surface area contributed by atoms with Crippen LogP contribution in [0.4, 0.5) is 0 Å². The molecule has 0 fully saturated rings. The summed E-state index contributed by atoms with van der Waals surface area (Å²) in [6, 6.07) is 12.3. The Bertz CT molecular complexity index is 917. The Morgan fingerprint density at radius 1 is 0.667 bits per heavy atom. The second-order valence-corrected chi connectivity index (χ2v) is 6.49. The molecule has 0 aliphatic carbocycles. The molecule has 0 unspecified atom stereocenters. The van der Waals surface area contributed by atoms with Crippen LogP contribution in [0.25, 0.3) is 0 Å². The van der Waals surface area contributed by atoms with E-state index in [-0.39, 0.29) is 37.4 Å². The van der Waals surface area contributed by atoms with Crippen LogP contribution in [0.15, 0.2) is 73.8 Å². The highest BCUT2D eigenvalue weighted by Gasteiger charge is 2.12. The molecular weight excluding hydrogens is 428 g/mol. The van der Waals surface area contributed by atoms with Gasteiger partial charge in [0.15, 0.2) is 13.2 Å². The largest absolute Gasteiger partial charge is 0.457 e. The Balaban J connectivity index is 1.84. The predicted octanol–water partition coefficient (Wildman–Crippen LogP) is 2.40. The zero-order valence-electron chi connectivity index (χ0n) is 17.9. The highest BCUT2D eigenvalue weighted by molar-refractivity contribution is 5.92. The van der Waals surface area contributed by atoms with Crippen molar-refractivity contribution < 1.29 is 33.4 Å². The summed E-state index contributed by atoms with van der Waals surface area (Å²) in [5.41, 5.74) is 0.517. The third kappa shape index (κ3) is 8.70. The van der Waals surface area contributed by atoms with Crippen LogP contribution in [0, 0.1) is 0 Å². The summed E-state index contributed by atoms with van der Waals surface area (Å²) in [4.78, 5) is 46.9. The van der Waals surface area contributed by atoms with E-state index < -0.39 is 23.8 Å². The Kier molecular flexibility index (Phi) is 9.88. The van der Waals surface area contributed by atoms with Crippen molar-refractivity contribution in [3.63, 3.8) is 0 Å². The zero-order chi connectivity index (χ0) is 24.1. The van der Waals surface area contributed by atoms with Gasteiger partial charge in [0.2, 0.25) is 0 Å². The number of carbonyl (C=O) groups excluding carboxylic acids is 4. The van der Waals surface area contributed by atoms with Crippen molar-refractivity contribution in [3.8, 4) is 11.5 Å². The fourth-order valence-electron chi connectivity index (χ4n) is 2.36. The Hall–Kier alpha value is -4.40. The fourth-order valence-corrected chi connectivity index (χ4v) is 2.36. The maximum atomic E-state index is 12.0. The molecule has 0 aliphatic rings. The maximum absolute atomic E-state index is 12.0. The zero-order valence-corrected chi connectivity index (χ0v) is 17.9. The van der Waals surface area contributed by atoms with Crippen LogP contribution in [-0.4, -0.2) is 50.1 Å². The van der Waals surface area contributed by atoms with Crippen LogP contribution >= 0.6 is 0 Å². The third-order valence-electron chi connectivity index (χ3n) is 3.97. The molecule has 2 aromatic carbocycles. The lowest BCUT2D eigenvalue weighted by molar-refractivity contribution is -0.124. The molecule has 0 aliphatic heterocycles. The average Bonchev–Trinajstić information content (AvgIpc) is 2.84. The van der Waals surface area contributed by atoms with Gasteiger partial charge in [-0.25, -0.2) is 9.59 Å². The smallest absolute Gasteiger partial charge is 0.338 e. The second-order valence-electron chi connectivity index (χ2n) is 6.49. The molecule has 2 rings (SSSR count). The lowest BCUT2D eigenvalue weighted by atomic mass is 10.2. The molecule has 0 spiro atoms. The van der Waals surface area contributed by atoms with E-state index in [0.717, 1.165) is 0 Å². The molecule has 9 nitrogen and oxygen atoms in total. The third-order valence-corrected chi connectivity index (χ3v) is 3.97.